The van der Waals surface area contributed by atoms with Crippen LogP contribution >= 0.6 is 0 Å². The van der Waals surface area contributed by atoms with Crippen LogP contribution in [0.2, 0.25) is 0 Å². The van der Waals surface area contributed by atoms with Gasteiger partial charge in [-0.15, -0.1) is 0 Å². The van der Waals surface area contributed by atoms with E-state index in [1.807, 2.05) is 27.7 Å². The number of ether oxygens (including phenoxy) is 1. The Bertz CT molecular complexity index is 520. The van der Waals surface area contributed by atoms with Gasteiger partial charge >= 0.3 is 12.1 Å². The fraction of sp³-hybridized carbons (Fsp3) is 0.500. The largest absolute Gasteiger partial charge is 0.464 e. The lowest BCUT2D eigenvalue weighted by Crippen LogP contribution is -2.53. The molecule has 122 valence electrons. The number of benzene rings is 1. The summed E-state index contributed by atoms with van der Waals surface area (Å²) in [6.07, 6.45) is -1.04. The zero-order chi connectivity index (χ0) is 16.9. The molecule has 1 atom stereocenters. The average Bonchev–Trinajstić information content (AvgIpc) is 2.43. The fourth-order valence-electron chi connectivity index (χ4n) is 1.93. The summed E-state index contributed by atoms with van der Waals surface area (Å²) in [5.74, 6) is -0.364. The molecule has 0 spiro atoms. The molecule has 0 bridgehead atoms. The van der Waals surface area contributed by atoms with Crippen molar-refractivity contribution < 1.29 is 19.4 Å². The Labute approximate surface area is 131 Å². The lowest BCUT2D eigenvalue weighted by Gasteiger charge is -2.35. The minimum Gasteiger partial charge on any atom is -0.464 e. The zero-order valence-electron chi connectivity index (χ0n) is 13.7. The first-order chi connectivity index (χ1) is 10.2. The van der Waals surface area contributed by atoms with Gasteiger partial charge in [0.1, 0.15) is 0 Å². The number of carbonyl (C=O) groups excluding carboxylic acids is 1. The number of esters is 1. The van der Waals surface area contributed by atoms with E-state index in [4.69, 9.17) is 4.74 Å². The van der Waals surface area contributed by atoms with Gasteiger partial charge in [0.05, 0.1) is 17.7 Å². The number of nitrogens with one attached hydrogen (secondary N) is 1. The first-order valence-electron chi connectivity index (χ1n) is 7.23. The van der Waals surface area contributed by atoms with Gasteiger partial charge in [-0.1, -0.05) is 12.1 Å². The first kappa shape index (κ1) is 18.0. The highest BCUT2D eigenvalue weighted by Crippen LogP contribution is 2.18. The Balaban J connectivity index is 2.83. The molecule has 6 heteroatoms. The molecule has 1 rings (SSSR count). The van der Waals surface area contributed by atoms with Crippen LogP contribution < -0.4 is 5.43 Å². The topological polar surface area (TPSA) is 78.9 Å². The lowest BCUT2D eigenvalue weighted by atomic mass is 10.1. The molecule has 0 radical (unpaired) electrons. The Morgan fingerprint density at radius 1 is 1.27 bits per heavy atom. The standard InChI is InChI=1S/C16H24N2O4/c1-6-22-14(19)13-9-7-12(8-10-13)11(2)17-18(15(20)21)16(3,4)5/h7-11,17H,6H2,1-5H3,(H,20,21). The van der Waals surface area contributed by atoms with Crippen LogP contribution in [0, 0.1) is 0 Å². The van der Waals surface area contributed by atoms with Gasteiger partial charge in [0, 0.05) is 6.04 Å². The Morgan fingerprint density at radius 2 is 1.82 bits per heavy atom. The number of rotatable bonds is 5. The van der Waals surface area contributed by atoms with Crippen LogP contribution in [0.3, 0.4) is 0 Å². The smallest absolute Gasteiger partial charge is 0.422 e. The molecule has 1 unspecified atom stereocenters. The van der Waals surface area contributed by atoms with E-state index < -0.39 is 11.6 Å². The second-order valence-electron chi connectivity index (χ2n) is 5.98. The average molecular weight is 308 g/mol. The van der Waals surface area contributed by atoms with Crippen LogP contribution in [0.15, 0.2) is 24.3 Å². The number of hydrazine groups is 1. The van der Waals surface area contributed by atoms with Gasteiger partial charge < -0.3 is 9.84 Å². The highest BCUT2D eigenvalue weighted by Gasteiger charge is 2.27. The summed E-state index contributed by atoms with van der Waals surface area (Å²) in [5, 5.41) is 10.5. The minimum atomic E-state index is -1.04. The van der Waals surface area contributed by atoms with Gasteiger partial charge in [-0.3, -0.25) is 0 Å². The third-order valence-electron chi connectivity index (χ3n) is 3.11. The number of carbonyl (C=O) groups is 2. The van der Waals surface area contributed by atoms with E-state index in [-0.39, 0.29) is 12.0 Å². The van der Waals surface area contributed by atoms with Crippen LogP contribution in [0.1, 0.15) is 56.6 Å². The van der Waals surface area contributed by atoms with Crippen molar-refractivity contribution in [2.75, 3.05) is 6.61 Å². The van der Waals surface area contributed by atoms with Gasteiger partial charge in [0.15, 0.2) is 0 Å². The van der Waals surface area contributed by atoms with Crippen molar-refractivity contribution in [2.45, 2.75) is 46.2 Å². The zero-order valence-corrected chi connectivity index (χ0v) is 13.7. The third kappa shape index (κ3) is 4.73. The summed E-state index contributed by atoms with van der Waals surface area (Å²) in [4.78, 5) is 22.9. The molecule has 1 amide bonds. The van der Waals surface area contributed by atoms with Crippen molar-refractivity contribution in [1.29, 1.82) is 0 Å². The van der Waals surface area contributed by atoms with Crippen molar-refractivity contribution in [3.63, 3.8) is 0 Å². The van der Waals surface area contributed by atoms with Crippen molar-refractivity contribution in [3.05, 3.63) is 35.4 Å². The molecule has 0 aliphatic carbocycles. The number of amides is 1. The molecule has 22 heavy (non-hydrogen) atoms. The summed E-state index contributed by atoms with van der Waals surface area (Å²) >= 11 is 0. The number of hydrogen-bond acceptors (Lipinski definition) is 4. The Kier molecular flexibility index (Phi) is 5.93. The summed E-state index contributed by atoms with van der Waals surface area (Å²) < 4.78 is 4.93. The van der Waals surface area contributed by atoms with Crippen molar-refractivity contribution in [3.8, 4) is 0 Å². The number of hydrogen-bond donors (Lipinski definition) is 2. The predicted octanol–water partition coefficient (Wildman–Crippen LogP) is 3.21. The van der Waals surface area contributed by atoms with Crippen LogP contribution in [-0.2, 0) is 4.74 Å². The summed E-state index contributed by atoms with van der Waals surface area (Å²) in [6, 6.07) is 6.70. The van der Waals surface area contributed by atoms with Gasteiger partial charge in [0.2, 0.25) is 0 Å². The second kappa shape index (κ2) is 7.26. The molecule has 1 aromatic carbocycles. The molecule has 0 aliphatic heterocycles. The van der Waals surface area contributed by atoms with E-state index in [2.05, 4.69) is 5.43 Å². The van der Waals surface area contributed by atoms with Crippen molar-refractivity contribution >= 4 is 12.1 Å². The maximum Gasteiger partial charge on any atom is 0.422 e. The fourth-order valence-corrected chi connectivity index (χ4v) is 1.93. The molecule has 0 heterocycles. The van der Waals surface area contributed by atoms with E-state index in [9.17, 15) is 14.7 Å². The molecular formula is C16H24N2O4. The minimum absolute atomic E-state index is 0.216. The molecule has 0 fully saturated rings. The lowest BCUT2D eigenvalue weighted by molar-refractivity contribution is 0.0525. The highest BCUT2D eigenvalue weighted by atomic mass is 16.5. The molecule has 0 aliphatic rings. The quantitative estimate of drug-likeness (QED) is 0.645. The Morgan fingerprint density at radius 3 is 2.23 bits per heavy atom. The van der Waals surface area contributed by atoms with E-state index in [0.717, 1.165) is 5.56 Å². The third-order valence-corrected chi connectivity index (χ3v) is 3.11. The first-order valence-corrected chi connectivity index (χ1v) is 7.23. The SMILES string of the molecule is CCOC(=O)c1ccc(C(C)NN(C(=O)O)C(C)(C)C)cc1. The molecule has 0 saturated heterocycles. The van der Waals surface area contributed by atoms with Gasteiger partial charge in [0.25, 0.3) is 0 Å². The van der Waals surface area contributed by atoms with Crippen LogP contribution in [-0.4, -0.2) is 34.3 Å². The summed E-state index contributed by atoms with van der Waals surface area (Å²) in [5.41, 5.74) is 3.75. The van der Waals surface area contributed by atoms with Gasteiger partial charge in [-0.05, 0) is 52.3 Å². The molecule has 1 aromatic rings. The van der Waals surface area contributed by atoms with Crippen molar-refractivity contribution in [1.82, 2.24) is 10.4 Å². The Hall–Kier alpha value is -2.08. The van der Waals surface area contributed by atoms with E-state index in [1.165, 1.54) is 5.01 Å². The predicted molar refractivity (Wildman–Crippen MR) is 83.6 cm³/mol. The maximum absolute atomic E-state index is 11.6. The second-order valence-corrected chi connectivity index (χ2v) is 5.98. The maximum atomic E-state index is 11.6. The van der Waals surface area contributed by atoms with E-state index in [1.54, 1.807) is 31.2 Å². The van der Waals surface area contributed by atoms with Crippen LogP contribution in [0.4, 0.5) is 4.79 Å². The van der Waals surface area contributed by atoms with Crippen LogP contribution in [0.25, 0.3) is 0 Å². The van der Waals surface area contributed by atoms with E-state index in [0.29, 0.717) is 12.2 Å². The summed E-state index contributed by atoms with van der Waals surface area (Å²) in [6.45, 7) is 9.38. The van der Waals surface area contributed by atoms with Gasteiger partial charge in [-0.25, -0.2) is 20.0 Å². The molecule has 2 N–H and O–H groups in total. The van der Waals surface area contributed by atoms with Gasteiger partial charge in [-0.2, -0.15) is 0 Å². The number of nitrogens with zero attached hydrogens (tertiary/aromatic N) is 1. The van der Waals surface area contributed by atoms with Crippen LogP contribution in [0.5, 0.6) is 0 Å². The monoisotopic (exact) mass is 308 g/mol. The molecule has 0 saturated carbocycles. The molecular weight excluding hydrogens is 284 g/mol. The number of carboxylic acid groups (broad SMARTS) is 1. The van der Waals surface area contributed by atoms with Crippen molar-refractivity contribution in [2.24, 2.45) is 0 Å². The normalized spacial score (nSPS) is 12.6. The molecule has 0 aromatic heterocycles. The summed E-state index contributed by atoms with van der Waals surface area (Å²) in [7, 11) is 0. The van der Waals surface area contributed by atoms with E-state index >= 15 is 0 Å². The molecule has 6 nitrogen and oxygen atoms in total. The highest BCUT2D eigenvalue weighted by molar-refractivity contribution is 5.89.